The van der Waals surface area contributed by atoms with Crippen molar-refractivity contribution >= 4 is 63.3 Å². The molecule has 1 N–H and O–H groups in total. The highest BCUT2D eigenvalue weighted by atomic mass is 35.5. The second kappa shape index (κ2) is 8.49. The third kappa shape index (κ3) is 3.80. The van der Waals surface area contributed by atoms with Gasteiger partial charge in [-0.1, -0.05) is 48.0 Å². The second-order valence-electron chi connectivity index (χ2n) is 6.97. The molecule has 1 fully saturated rings. The van der Waals surface area contributed by atoms with Gasteiger partial charge in [0.25, 0.3) is 11.8 Å². The molecule has 3 aromatic rings. The van der Waals surface area contributed by atoms with Gasteiger partial charge in [-0.2, -0.15) is 0 Å². The number of hydrogen-bond acceptors (Lipinski definition) is 4. The number of fused-ring (bicyclic) bond motifs is 1. The number of ether oxygens (including phenoxy) is 1. The van der Waals surface area contributed by atoms with Crippen LogP contribution < -0.4 is 15.0 Å². The van der Waals surface area contributed by atoms with E-state index < -0.39 is 11.8 Å². The summed E-state index contributed by atoms with van der Waals surface area (Å²) >= 11 is 11.6. The van der Waals surface area contributed by atoms with Crippen LogP contribution >= 0.6 is 23.8 Å². The first-order chi connectivity index (χ1) is 14.9. The van der Waals surface area contributed by atoms with Crippen molar-refractivity contribution in [3.63, 3.8) is 0 Å². The Labute approximate surface area is 190 Å². The van der Waals surface area contributed by atoms with E-state index in [-0.39, 0.29) is 10.7 Å². The Morgan fingerprint density at radius 1 is 1.10 bits per heavy atom. The van der Waals surface area contributed by atoms with E-state index >= 15 is 0 Å². The van der Waals surface area contributed by atoms with Crippen molar-refractivity contribution < 1.29 is 14.3 Å². The van der Waals surface area contributed by atoms with Crippen molar-refractivity contribution in [3.05, 3.63) is 76.3 Å². The summed E-state index contributed by atoms with van der Waals surface area (Å²) in [5.41, 5.74) is 1.84. The predicted octanol–water partition coefficient (Wildman–Crippen LogP) is 5.03. The fourth-order valence-corrected chi connectivity index (χ4v) is 4.01. The fraction of sp³-hybridized carbons (Fsp3) is 0.125. The van der Waals surface area contributed by atoms with E-state index in [9.17, 15) is 9.59 Å². The molecule has 4 rings (SSSR count). The Kier molecular flexibility index (Phi) is 5.76. The highest BCUT2D eigenvalue weighted by molar-refractivity contribution is 7.80. The second-order valence-corrected chi connectivity index (χ2v) is 7.77. The Morgan fingerprint density at radius 3 is 2.65 bits per heavy atom. The van der Waals surface area contributed by atoms with Gasteiger partial charge < -0.3 is 4.74 Å². The normalized spacial score (nSPS) is 15.5. The molecule has 3 aromatic carbocycles. The molecule has 0 aliphatic carbocycles. The molecule has 1 heterocycles. The van der Waals surface area contributed by atoms with Crippen LogP contribution in [0.2, 0.25) is 5.02 Å². The summed E-state index contributed by atoms with van der Waals surface area (Å²) in [4.78, 5) is 27.5. The van der Waals surface area contributed by atoms with Gasteiger partial charge in [0.2, 0.25) is 0 Å². The van der Waals surface area contributed by atoms with Crippen molar-refractivity contribution in [1.29, 1.82) is 0 Å². The molecule has 156 valence electrons. The highest BCUT2D eigenvalue weighted by Gasteiger charge is 2.35. The quantitative estimate of drug-likeness (QED) is 0.344. The molecule has 1 aliphatic rings. The lowest BCUT2D eigenvalue weighted by Gasteiger charge is -2.30. The zero-order chi connectivity index (χ0) is 22.1. The van der Waals surface area contributed by atoms with Gasteiger partial charge in [-0.25, -0.2) is 0 Å². The predicted molar refractivity (Wildman–Crippen MR) is 128 cm³/mol. The molecular formula is C24H19ClN2O3S. The molecular weight excluding hydrogens is 432 g/mol. The van der Waals surface area contributed by atoms with Crippen LogP contribution in [-0.2, 0) is 9.59 Å². The lowest BCUT2D eigenvalue weighted by molar-refractivity contribution is -0.122. The fourth-order valence-electron chi connectivity index (χ4n) is 3.56. The number of nitrogens with zero attached hydrogens (tertiary/aromatic N) is 1. The van der Waals surface area contributed by atoms with Crippen LogP contribution in [0.15, 0.2) is 60.2 Å². The summed E-state index contributed by atoms with van der Waals surface area (Å²) in [6, 6.07) is 16.7. The number of anilines is 1. The van der Waals surface area contributed by atoms with Crippen LogP contribution in [0.3, 0.4) is 0 Å². The lowest BCUT2D eigenvalue weighted by Crippen LogP contribution is -2.54. The number of nitrogens with one attached hydrogen (secondary N) is 1. The number of carbonyl (C=O) groups is 2. The first kappa shape index (κ1) is 21.0. The highest BCUT2D eigenvalue weighted by Crippen LogP contribution is 2.33. The maximum absolute atomic E-state index is 13.4. The number of benzene rings is 3. The van der Waals surface area contributed by atoms with Crippen molar-refractivity contribution in [2.75, 3.05) is 11.5 Å². The first-order valence-electron chi connectivity index (χ1n) is 9.73. The number of halogens is 1. The summed E-state index contributed by atoms with van der Waals surface area (Å²) in [6.45, 7) is 4.13. The maximum Gasteiger partial charge on any atom is 0.270 e. The summed E-state index contributed by atoms with van der Waals surface area (Å²) < 4.78 is 5.78. The third-order valence-electron chi connectivity index (χ3n) is 5.10. The van der Waals surface area contributed by atoms with Crippen LogP contribution in [0.1, 0.15) is 18.1 Å². The number of rotatable bonds is 4. The molecule has 0 saturated carbocycles. The molecule has 31 heavy (non-hydrogen) atoms. The Morgan fingerprint density at radius 2 is 1.87 bits per heavy atom. The van der Waals surface area contributed by atoms with E-state index in [4.69, 9.17) is 28.6 Å². The van der Waals surface area contributed by atoms with Gasteiger partial charge in [0.1, 0.15) is 11.3 Å². The summed E-state index contributed by atoms with van der Waals surface area (Å²) in [5, 5.41) is 4.98. The third-order valence-corrected chi connectivity index (χ3v) is 5.79. The minimum absolute atomic E-state index is 0.0143. The molecule has 0 bridgehead atoms. The van der Waals surface area contributed by atoms with Crippen LogP contribution in [0.5, 0.6) is 5.75 Å². The summed E-state index contributed by atoms with van der Waals surface area (Å²) in [6.07, 6.45) is 1.57. The largest absolute Gasteiger partial charge is 0.493 e. The zero-order valence-electron chi connectivity index (χ0n) is 16.9. The van der Waals surface area contributed by atoms with E-state index in [1.807, 2.05) is 43.3 Å². The number of hydrogen-bond donors (Lipinski definition) is 1. The van der Waals surface area contributed by atoms with E-state index in [1.54, 1.807) is 31.2 Å². The van der Waals surface area contributed by atoms with Gasteiger partial charge in [0.15, 0.2) is 5.11 Å². The number of amides is 2. The van der Waals surface area contributed by atoms with Crippen LogP contribution in [0.25, 0.3) is 16.8 Å². The van der Waals surface area contributed by atoms with Crippen molar-refractivity contribution in [1.82, 2.24) is 5.32 Å². The zero-order valence-corrected chi connectivity index (χ0v) is 18.5. The average molecular weight is 451 g/mol. The van der Waals surface area contributed by atoms with Gasteiger partial charge in [0, 0.05) is 10.6 Å². The van der Waals surface area contributed by atoms with E-state index in [0.29, 0.717) is 34.2 Å². The van der Waals surface area contributed by atoms with Crippen molar-refractivity contribution in [3.8, 4) is 5.75 Å². The van der Waals surface area contributed by atoms with Gasteiger partial charge >= 0.3 is 0 Å². The molecule has 7 heteroatoms. The van der Waals surface area contributed by atoms with Gasteiger partial charge in [-0.15, -0.1) is 0 Å². The topological polar surface area (TPSA) is 58.6 Å². The van der Waals surface area contributed by atoms with E-state index in [2.05, 4.69) is 5.32 Å². The van der Waals surface area contributed by atoms with Crippen LogP contribution in [-0.4, -0.2) is 23.5 Å². The smallest absolute Gasteiger partial charge is 0.270 e. The molecule has 1 aliphatic heterocycles. The number of thiocarbonyl (C=S) groups is 1. The minimum Gasteiger partial charge on any atom is -0.493 e. The standard InChI is InChI=1S/C24H19ClN2O3S/c1-3-30-21-12-11-15-7-4-5-8-16(15)17(21)13-18-22(28)26-24(31)27(23(18)29)20-10-6-9-19(25)14(20)2/h4-13H,3H2,1-2H3,(H,26,28,31)/b18-13+. The van der Waals surface area contributed by atoms with Crippen molar-refractivity contribution in [2.24, 2.45) is 0 Å². The van der Waals surface area contributed by atoms with Crippen molar-refractivity contribution in [2.45, 2.75) is 13.8 Å². The number of carbonyl (C=O) groups excluding carboxylic acids is 2. The summed E-state index contributed by atoms with van der Waals surface area (Å²) in [5.74, 6) is -0.483. The maximum atomic E-state index is 13.4. The van der Waals surface area contributed by atoms with Gasteiger partial charge in [-0.05, 0) is 66.7 Å². The van der Waals surface area contributed by atoms with E-state index in [0.717, 1.165) is 10.8 Å². The monoisotopic (exact) mass is 450 g/mol. The molecule has 5 nitrogen and oxygen atoms in total. The Balaban J connectivity index is 1.89. The molecule has 0 unspecified atom stereocenters. The minimum atomic E-state index is -0.554. The molecule has 0 radical (unpaired) electrons. The molecule has 0 atom stereocenters. The van der Waals surface area contributed by atoms with Crippen LogP contribution in [0, 0.1) is 6.92 Å². The molecule has 0 spiro atoms. The average Bonchev–Trinajstić information content (AvgIpc) is 2.75. The van der Waals surface area contributed by atoms with Gasteiger partial charge in [-0.3, -0.25) is 19.8 Å². The van der Waals surface area contributed by atoms with Gasteiger partial charge in [0.05, 0.1) is 12.3 Å². The SMILES string of the molecule is CCOc1ccc2ccccc2c1/C=C1\C(=O)NC(=S)N(c2cccc(Cl)c2C)C1=O. The molecule has 0 aromatic heterocycles. The first-order valence-corrected chi connectivity index (χ1v) is 10.5. The molecule has 1 saturated heterocycles. The summed E-state index contributed by atoms with van der Waals surface area (Å²) in [7, 11) is 0. The van der Waals surface area contributed by atoms with Crippen LogP contribution in [0.4, 0.5) is 5.69 Å². The van der Waals surface area contributed by atoms with E-state index in [1.165, 1.54) is 4.90 Å². The lowest BCUT2D eigenvalue weighted by atomic mass is 9.99. The molecule has 2 amide bonds. The Bertz CT molecular complexity index is 1270. The Hall–Kier alpha value is -3.22.